The Morgan fingerprint density at radius 2 is 1.94 bits per heavy atom. The molecular formula is C12H16N2OS. The van der Waals surface area contributed by atoms with Gasteiger partial charge in [-0.25, -0.2) is 0 Å². The van der Waals surface area contributed by atoms with Crippen molar-refractivity contribution in [1.29, 1.82) is 0 Å². The molecule has 1 aromatic rings. The van der Waals surface area contributed by atoms with Crippen LogP contribution < -0.4 is 10.2 Å². The Balaban J connectivity index is 2.75. The highest BCUT2D eigenvalue weighted by Gasteiger charge is 2.11. The smallest absolute Gasteiger partial charge is 0.225 e. The number of amides is 1. The number of benzene rings is 1. The molecule has 0 saturated carbocycles. The van der Waals surface area contributed by atoms with Crippen LogP contribution in [0, 0.1) is 0 Å². The zero-order chi connectivity index (χ0) is 12.0. The van der Waals surface area contributed by atoms with Crippen molar-refractivity contribution in [3.63, 3.8) is 0 Å². The van der Waals surface area contributed by atoms with Crippen molar-refractivity contribution in [2.24, 2.45) is 0 Å². The van der Waals surface area contributed by atoms with Crippen LogP contribution in [0.1, 0.15) is 20.3 Å². The van der Waals surface area contributed by atoms with Crippen LogP contribution in [-0.2, 0) is 4.79 Å². The van der Waals surface area contributed by atoms with Gasteiger partial charge in [-0.3, -0.25) is 4.79 Å². The average Bonchev–Trinajstić information content (AvgIpc) is 2.31. The van der Waals surface area contributed by atoms with Crippen molar-refractivity contribution < 1.29 is 4.79 Å². The highest BCUT2D eigenvalue weighted by atomic mass is 32.1. The monoisotopic (exact) mass is 236 g/mol. The molecule has 0 radical (unpaired) electrons. The van der Waals surface area contributed by atoms with Gasteiger partial charge in [-0.15, -0.1) is 0 Å². The van der Waals surface area contributed by atoms with Crippen LogP contribution in [-0.4, -0.2) is 17.6 Å². The van der Waals surface area contributed by atoms with E-state index in [0.717, 1.165) is 12.2 Å². The van der Waals surface area contributed by atoms with Gasteiger partial charge in [-0.05, 0) is 31.3 Å². The molecule has 16 heavy (non-hydrogen) atoms. The first-order valence-electron chi connectivity index (χ1n) is 5.35. The molecule has 0 saturated heterocycles. The van der Waals surface area contributed by atoms with Gasteiger partial charge < -0.3 is 10.2 Å². The summed E-state index contributed by atoms with van der Waals surface area (Å²) in [6, 6.07) is 9.78. The van der Waals surface area contributed by atoms with Crippen molar-refractivity contribution in [3.05, 3.63) is 30.3 Å². The van der Waals surface area contributed by atoms with Crippen LogP contribution in [0.4, 0.5) is 5.69 Å². The predicted molar refractivity (Wildman–Crippen MR) is 70.5 cm³/mol. The minimum atomic E-state index is -0.0561. The van der Waals surface area contributed by atoms with E-state index >= 15 is 0 Å². The summed E-state index contributed by atoms with van der Waals surface area (Å²) in [5.74, 6) is -0.0561. The van der Waals surface area contributed by atoms with Gasteiger partial charge in [0.2, 0.25) is 5.91 Å². The Morgan fingerprint density at radius 3 is 2.44 bits per heavy atom. The van der Waals surface area contributed by atoms with Gasteiger partial charge in [0.1, 0.15) is 0 Å². The number of nitrogens with zero attached hydrogens (tertiary/aromatic N) is 1. The maximum atomic E-state index is 11.2. The molecule has 1 amide bonds. The van der Waals surface area contributed by atoms with Crippen LogP contribution in [0.25, 0.3) is 0 Å². The van der Waals surface area contributed by atoms with Crippen molar-refractivity contribution in [2.75, 3.05) is 11.4 Å². The molecular weight excluding hydrogens is 220 g/mol. The molecule has 0 aromatic heterocycles. The standard InChI is InChI=1S/C12H16N2OS/c1-3-11(15)13-12(16)14(4-2)10-8-6-5-7-9-10/h5-9H,3-4H2,1-2H3,(H,13,15,16). The molecule has 0 atom stereocenters. The second-order valence-electron chi connectivity index (χ2n) is 3.29. The molecule has 3 nitrogen and oxygen atoms in total. The maximum absolute atomic E-state index is 11.2. The lowest BCUT2D eigenvalue weighted by Gasteiger charge is -2.23. The molecule has 0 unspecified atom stereocenters. The number of anilines is 1. The van der Waals surface area contributed by atoms with Gasteiger partial charge in [0.25, 0.3) is 0 Å². The fraction of sp³-hybridized carbons (Fsp3) is 0.333. The van der Waals surface area contributed by atoms with Crippen LogP contribution >= 0.6 is 12.2 Å². The molecule has 86 valence electrons. The zero-order valence-electron chi connectivity index (χ0n) is 9.56. The summed E-state index contributed by atoms with van der Waals surface area (Å²) >= 11 is 5.19. The van der Waals surface area contributed by atoms with E-state index in [4.69, 9.17) is 12.2 Å². The van der Waals surface area contributed by atoms with Gasteiger partial charge in [0, 0.05) is 18.7 Å². The predicted octanol–water partition coefficient (Wildman–Crippen LogP) is 2.32. The van der Waals surface area contributed by atoms with Crippen molar-refractivity contribution in [2.45, 2.75) is 20.3 Å². The van der Waals surface area contributed by atoms with E-state index in [-0.39, 0.29) is 5.91 Å². The summed E-state index contributed by atoms with van der Waals surface area (Å²) in [5, 5.41) is 3.16. The number of hydrogen-bond donors (Lipinski definition) is 1. The Bertz CT molecular complexity index is 365. The summed E-state index contributed by atoms with van der Waals surface area (Å²) < 4.78 is 0. The van der Waals surface area contributed by atoms with E-state index in [1.807, 2.05) is 42.2 Å². The molecule has 0 fully saturated rings. The first-order chi connectivity index (χ1) is 7.69. The molecule has 1 aromatic carbocycles. The Hall–Kier alpha value is -1.42. The lowest BCUT2D eigenvalue weighted by Crippen LogP contribution is -2.42. The zero-order valence-corrected chi connectivity index (χ0v) is 10.4. The molecule has 4 heteroatoms. The first-order valence-corrected chi connectivity index (χ1v) is 5.76. The van der Waals surface area contributed by atoms with E-state index < -0.39 is 0 Å². The summed E-state index contributed by atoms with van der Waals surface area (Å²) in [5.41, 5.74) is 0.992. The fourth-order valence-corrected chi connectivity index (χ4v) is 1.67. The quantitative estimate of drug-likeness (QED) is 0.817. The number of nitrogens with one attached hydrogen (secondary N) is 1. The molecule has 1 N–H and O–H groups in total. The number of hydrogen-bond acceptors (Lipinski definition) is 2. The van der Waals surface area contributed by atoms with E-state index in [1.165, 1.54) is 0 Å². The second kappa shape index (κ2) is 6.23. The number of carbonyl (C=O) groups excluding carboxylic acids is 1. The number of para-hydroxylation sites is 1. The van der Waals surface area contributed by atoms with E-state index in [1.54, 1.807) is 6.92 Å². The van der Waals surface area contributed by atoms with Crippen LogP contribution in [0.15, 0.2) is 30.3 Å². The lowest BCUT2D eigenvalue weighted by atomic mass is 10.3. The highest BCUT2D eigenvalue weighted by Crippen LogP contribution is 2.12. The molecule has 1 rings (SSSR count). The van der Waals surface area contributed by atoms with Gasteiger partial charge in [0.05, 0.1) is 0 Å². The molecule has 0 spiro atoms. The molecule has 0 aliphatic carbocycles. The molecule has 0 heterocycles. The number of carbonyl (C=O) groups is 1. The first kappa shape index (κ1) is 12.6. The van der Waals surface area contributed by atoms with Gasteiger partial charge in [0.15, 0.2) is 5.11 Å². The Kier molecular flexibility index (Phi) is 4.92. The molecule has 0 aliphatic heterocycles. The van der Waals surface area contributed by atoms with Crippen molar-refractivity contribution in [3.8, 4) is 0 Å². The minimum Gasteiger partial charge on any atom is -0.319 e. The summed E-state index contributed by atoms with van der Waals surface area (Å²) in [6.07, 6.45) is 0.437. The Labute approximate surface area is 101 Å². The third kappa shape index (κ3) is 3.31. The fourth-order valence-electron chi connectivity index (χ4n) is 1.33. The number of rotatable bonds is 3. The van der Waals surface area contributed by atoms with Crippen molar-refractivity contribution >= 4 is 28.9 Å². The van der Waals surface area contributed by atoms with Gasteiger partial charge in [-0.1, -0.05) is 25.1 Å². The van der Waals surface area contributed by atoms with Crippen molar-refractivity contribution in [1.82, 2.24) is 5.32 Å². The SMILES string of the molecule is CCC(=O)NC(=S)N(CC)c1ccccc1. The summed E-state index contributed by atoms with van der Waals surface area (Å²) in [7, 11) is 0. The Morgan fingerprint density at radius 1 is 1.31 bits per heavy atom. The van der Waals surface area contributed by atoms with E-state index in [9.17, 15) is 4.79 Å². The molecule has 0 aliphatic rings. The van der Waals surface area contributed by atoms with E-state index in [0.29, 0.717) is 11.5 Å². The maximum Gasteiger partial charge on any atom is 0.225 e. The topological polar surface area (TPSA) is 32.3 Å². The minimum absolute atomic E-state index is 0.0561. The average molecular weight is 236 g/mol. The molecule has 0 bridgehead atoms. The van der Waals surface area contributed by atoms with Gasteiger partial charge in [-0.2, -0.15) is 0 Å². The summed E-state index contributed by atoms with van der Waals surface area (Å²) in [6.45, 7) is 4.53. The third-order valence-electron chi connectivity index (χ3n) is 2.20. The largest absolute Gasteiger partial charge is 0.319 e. The second-order valence-corrected chi connectivity index (χ2v) is 3.67. The third-order valence-corrected chi connectivity index (χ3v) is 2.52. The van der Waals surface area contributed by atoms with E-state index in [2.05, 4.69) is 5.32 Å². The highest BCUT2D eigenvalue weighted by molar-refractivity contribution is 7.80. The number of thiocarbonyl (C=S) groups is 1. The van der Waals surface area contributed by atoms with Crippen LogP contribution in [0.2, 0.25) is 0 Å². The summed E-state index contributed by atoms with van der Waals surface area (Å²) in [4.78, 5) is 13.1. The van der Waals surface area contributed by atoms with Crippen LogP contribution in [0.5, 0.6) is 0 Å². The van der Waals surface area contributed by atoms with Gasteiger partial charge >= 0.3 is 0 Å². The lowest BCUT2D eigenvalue weighted by molar-refractivity contribution is -0.119. The van der Waals surface area contributed by atoms with Crippen LogP contribution in [0.3, 0.4) is 0 Å². The normalized spacial score (nSPS) is 9.62.